The molecule has 0 amide bonds. The van der Waals surface area contributed by atoms with Crippen LogP contribution in [0.4, 0.5) is 11.6 Å². The van der Waals surface area contributed by atoms with Crippen molar-refractivity contribution in [2.45, 2.75) is 59.4 Å². The zero-order chi connectivity index (χ0) is 48.9. The smallest absolute Gasteiger partial charge is 0.386 e. The van der Waals surface area contributed by atoms with Crippen LogP contribution in [0.3, 0.4) is 0 Å². The monoisotopic (exact) mass is 1100 g/mol. The Morgan fingerprint density at radius 2 is 0.939 bits per heavy atom. The van der Waals surface area contributed by atoms with Crippen LogP contribution in [0.5, 0.6) is 0 Å². The van der Waals surface area contributed by atoms with E-state index in [4.69, 9.17) is 59.0 Å². The van der Waals surface area contributed by atoms with Crippen molar-refractivity contribution in [2.24, 2.45) is 0 Å². The van der Waals surface area contributed by atoms with Gasteiger partial charge in [-0.3, -0.25) is 18.2 Å². The Hall–Kier alpha value is -2.02. The molecule has 14 N–H and O–H groups in total. The average Bonchev–Trinajstić information content (AvgIpc) is 3.89. The van der Waals surface area contributed by atoms with E-state index in [9.17, 15) is 57.2 Å². The van der Waals surface area contributed by atoms with Gasteiger partial charge in [-0.1, -0.05) is 0 Å². The highest BCUT2D eigenvalue weighted by atomic mass is 33.1. The van der Waals surface area contributed by atoms with E-state index in [2.05, 4.69) is 47.1 Å². The molecule has 0 bridgehead atoms. The molecule has 4 aromatic heterocycles. The number of aliphatic hydroxyl groups excluding tert-OH is 2. The Kier molecular flexibility index (Phi) is 16.2. The number of hydrogen-bond donors (Lipinski definition) is 12. The van der Waals surface area contributed by atoms with Crippen molar-refractivity contribution in [1.29, 1.82) is 0 Å². The van der Waals surface area contributed by atoms with Gasteiger partial charge in [0.2, 0.25) is 0 Å². The standard InChI is InChI=1S/C22H34N10O26P6S2/c1-49-13-7(3-51-61(41,42)57-63(45,46)55-59(35,36)37)53-19(11(13)33)31-17-9(15(23)25-5-27-17)29-21(31)65-66-22-30-10-16(24)26-6-28-18(10)32(22)20-12(34)14(50-2)8(54-20)4-52-62(43,44)58-64(47,48)56-60(38,39)40/h5-8,11-14,19-20,33-34H,3-4H2,1-2H3,(H,41,42)(H,43,44)(H,45,46)(H,47,48)(H2,23,25,27)(H2,24,26,28)(H2,35,36,37)(H2,38,39,40)/t7-,8-,11-,12-,13-,14-,19-,20-/m1/s1. The number of aromatic nitrogens is 8. The summed E-state index contributed by atoms with van der Waals surface area (Å²) in [5.41, 5.74) is 11.9. The van der Waals surface area contributed by atoms with Crippen LogP contribution >= 0.6 is 68.5 Å². The molecule has 0 radical (unpaired) electrons. The van der Waals surface area contributed by atoms with Gasteiger partial charge < -0.3 is 79.8 Å². The zero-order valence-corrected chi connectivity index (χ0v) is 39.4. The summed E-state index contributed by atoms with van der Waals surface area (Å²) in [6.45, 7) is -2.09. The highest BCUT2D eigenvalue weighted by Crippen LogP contribution is 2.67. The Morgan fingerprint density at radius 3 is 1.26 bits per heavy atom. The molecular formula is C22H34N10O26P6S2. The lowest BCUT2D eigenvalue weighted by molar-refractivity contribution is -0.0559. The number of phosphoric acid groups is 6. The Labute approximate surface area is 373 Å². The van der Waals surface area contributed by atoms with Crippen LogP contribution < -0.4 is 11.5 Å². The number of nitrogens with two attached hydrogens (primary N) is 2. The molecule has 370 valence electrons. The molecule has 2 saturated heterocycles. The quantitative estimate of drug-likeness (QED) is 0.0358. The van der Waals surface area contributed by atoms with Crippen LogP contribution in [0.2, 0.25) is 0 Å². The summed E-state index contributed by atoms with van der Waals surface area (Å²) in [4.78, 5) is 99.5. The summed E-state index contributed by atoms with van der Waals surface area (Å²) in [5.74, 6) is -0.340. The van der Waals surface area contributed by atoms with Gasteiger partial charge in [-0.2, -0.15) is 17.2 Å². The minimum Gasteiger partial charge on any atom is -0.386 e. The van der Waals surface area contributed by atoms with E-state index >= 15 is 0 Å². The number of hydrogen-bond acceptors (Lipinski definition) is 28. The third-order valence-corrected chi connectivity index (χ3v) is 18.2. The second-order valence-electron chi connectivity index (χ2n) is 12.8. The SMILES string of the molecule is CO[C@H]1[C@@H](O)[C@H](n2c(SSc3nc4c(N)ncnc4n3[C@@H]3O[C@H](COP(=O)(O)OP(=O)(O)OP(=O)(O)O)[C@@H](OC)[C@H]3O)nc3c(N)ncnc32)O[C@@H]1COP(=O)(O)OP(=O)(O)OP(=O)(O)O. The topological polar surface area (TPSA) is 536 Å². The number of aliphatic hydroxyl groups is 2. The summed E-state index contributed by atoms with van der Waals surface area (Å²) < 4.78 is 120. The maximum atomic E-state index is 12.5. The molecule has 36 nitrogen and oxygen atoms in total. The molecule has 2 aliphatic rings. The first-order valence-corrected chi connectivity index (χ1v) is 28.2. The molecule has 12 atom stereocenters. The maximum absolute atomic E-state index is 12.5. The number of nitrogens with zero attached hydrogens (tertiary/aromatic N) is 8. The third kappa shape index (κ3) is 12.6. The summed E-state index contributed by atoms with van der Waals surface area (Å²) in [6.07, 6.45) is -10.4. The van der Waals surface area contributed by atoms with Gasteiger partial charge >= 0.3 is 46.9 Å². The summed E-state index contributed by atoms with van der Waals surface area (Å²) in [5, 5.41) is 22.7. The molecule has 6 rings (SSSR count). The number of imidazole rings is 2. The minimum absolute atomic E-state index is 0.0537. The largest absolute Gasteiger partial charge is 0.490 e. The van der Waals surface area contributed by atoms with Crippen molar-refractivity contribution in [3.8, 4) is 0 Å². The van der Waals surface area contributed by atoms with Crippen molar-refractivity contribution in [2.75, 3.05) is 38.9 Å². The lowest BCUT2D eigenvalue weighted by Gasteiger charge is -2.20. The highest BCUT2D eigenvalue weighted by Gasteiger charge is 2.51. The molecular weight excluding hydrogens is 1070 g/mol. The van der Waals surface area contributed by atoms with E-state index in [-0.39, 0.29) is 44.3 Å². The molecule has 44 heteroatoms. The van der Waals surface area contributed by atoms with Crippen LogP contribution in [0.25, 0.3) is 22.3 Å². The predicted molar refractivity (Wildman–Crippen MR) is 212 cm³/mol. The normalized spacial score (nSPS) is 27.8. The molecule has 0 aromatic carbocycles. The summed E-state index contributed by atoms with van der Waals surface area (Å²) in [7, 11) is -30.8. The van der Waals surface area contributed by atoms with Gasteiger partial charge in [0.05, 0.1) is 13.2 Å². The zero-order valence-electron chi connectivity index (χ0n) is 32.4. The molecule has 4 aromatic rings. The average molecular weight is 1100 g/mol. The van der Waals surface area contributed by atoms with E-state index in [0.29, 0.717) is 0 Å². The Morgan fingerprint density at radius 1 is 0.591 bits per heavy atom. The van der Waals surface area contributed by atoms with Gasteiger partial charge in [-0.15, -0.1) is 0 Å². The van der Waals surface area contributed by atoms with Crippen LogP contribution in [0, 0.1) is 0 Å². The van der Waals surface area contributed by atoms with Crippen molar-refractivity contribution < 1.29 is 122 Å². The van der Waals surface area contributed by atoms with Crippen LogP contribution in [-0.4, -0.2) is 152 Å². The van der Waals surface area contributed by atoms with E-state index in [0.717, 1.165) is 48.5 Å². The summed E-state index contributed by atoms with van der Waals surface area (Å²) >= 11 is 0. The highest BCUT2D eigenvalue weighted by molar-refractivity contribution is 8.76. The molecule has 2 aliphatic heterocycles. The molecule has 2 fully saturated rings. The molecule has 4 unspecified atom stereocenters. The Bertz CT molecular complexity index is 2560. The Balaban J connectivity index is 1.28. The summed E-state index contributed by atoms with van der Waals surface area (Å²) in [6, 6.07) is 0. The van der Waals surface area contributed by atoms with Crippen LogP contribution in [0.15, 0.2) is 23.0 Å². The lowest BCUT2D eigenvalue weighted by atomic mass is 10.1. The second kappa shape index (κ2) is 20.0. The van der Waals surface area contributed by atoms with Crippen LogP contribution in [0.1, 0.15) is 12.5 Å². The van der Waals surface area contributed by atoms with Gasteiger partial charge in [0.1, 0.15) is 49.3 Å². The van der Waals surface area contributed by atoms with E-state index in [1.165, 1.54) is 9.13 Å². The van der Waals surface area contributed by atoms with E-state index in [1.54, 1.807) is 0 Å². The lowest BCUT2D eigenvalue weighted by Crippen LogP contribution is -2.35. The molecule has 0 spiro atoms. The fraction of sp³-hybridized carbons (Fsp3) is 0.545. The van der Waals surface area contributed by atoms with Crippen molar-refractivity contribution >= 4 is 102 Å². The third-order valence-electron chi connectivity index (χ3n) is 8.44. The first-order chi connectivity index (χ1) is 30.4. The number of phosphoric ester groups is 2. The number of nitrogen functional groups attached to an aromatic ring is 2. The van der Waals surface area contributed by atoms with Gasteiger partial charge in [0.15, 0.2) is 56.7 Å². The maximum Gasteiger partial charge on any atom is 0.490 e. The van der Waals surface area contributed by atoms with Gasteiger partial charge in [0, 0.05) is 14.2 Å². The minimum atomic E-state index is -5.90. The number of rotatable bonds is 21. The number of anilines is 2. The van der Waals surface area contributed by atoms with E-state index < -0.39 is 109 Å². The fourth-order valence-electron chi connectivity index (χ4n) is 6.12. The molecule has 66 heavy (non-hydrogen) atoms. The second-order valence-corrected chi connectivity index (χ2v) is 23.7. The first kappa shape index (κ1) is 53.3. The van der Waals surface area contributed by atoms with E-state index in [1.807, 2.05) is 0 Å². The molecule has 0 aliphatic carbocycles. The molecule has 0 saturated carbocycles. The van der Waals surface area contributed by atoms with Crippen molar-refractivity contribution in [3.63, 3.8) is 0 Å². The first-order valence-electron chi connectivity index (χ1n) is 17.0. The number of fused-ring (bicyclic) bond motifs is 2. The number of methoxy groups -OCH3 is 2. The van der Waals surface area contributed by atoms with Gasteiger partial charge in [0.25, 0.3) is 0 Å². The van der Waals surface area contributed by atoms with Crippen molar-refractivity contribution in [3.05, 3.63) is 12.7 Å². The van der Waals surface area contributed by atoms with Crippen LogP contribution in [-0.2, 0) is 72.6 Å². The van der Waals surface area contributed by atoms with Gasteiger partial charge in [-0.05, 0) is 21.6 Å². The molecule has 6 heterocycles. The predicted octanol–water partition coefficient (Wildman–Crippen LogP) is -0.837. The van der Waals surface area contributed by atoms with Gasteiger partial charge in [-0.25, -0.2) is 57.3 Å². The number of ether oxygens (including phenoxy) is 4. The fourth-order valence-corrected chi connectivity index (χ4v) is 14.3. The van der Waals surface area contributed by atoms with Crippen molar-refractivity contribution in [1.82, 2.24) is 39.0 Å².